The number of aromatic nitrogens is 3. The molecule has 0 saturated carbocycles. The molecule has 0 atom stereocenters. The number of H-pyrrole nitrogens is 1. The number of rotatable bonds is 2. The van der Waals surface area contributed by atoms with Gasteiger partial charge in [-0.05, 0) is 6.92 Å². The third kappa shape index (κ3) is 1.67. The van der Waals surface area contributed by atoms with Crippen LogP contribution >= 0.6 is 23.1 Å². The van der Waals surface area contributed by atoms with Crippen molar-refractivity contribution in [2.24, 2.45) is 0 Å². The first-order valence-electron chi connectivity index (χ1n) is 3.43. The van der Waals surface area contributed by atoms with E-state index in [2.05, 4.69) is 15.2 Å². The summed E-state index contributed by atoms with van der Waals surface area (Å²) in [6, 6.07) is 0. The van der Waals surface area contributed by atoms with Crippen molar-refractivity contribution in [2.45, 2.75) is 16.2 Å². The summed E-state index contributed by atoms with van der Waals surface area (Å²) in [5, 5.41) is 8.66. The Bertz CT molecular complexity index is 352. The van der Waals surface area contributed by atoms with Crippen LogP contribution in [0.3, 0.4) is 0 Å². The third-order valence-corrected chi connectivity index (χ3v) is 3.29. The van der Waals surface area contributed by atoms with Crippen LogP contribution in [-0.4, -0.2) is 15.2 Å². The Morgan fingerprint density at radius 2 is 2.50 bits per heavy atom. The summed E-state index contributed by atoms with van der Waals surface area (Å²) in [5.41, 5.74) is 1.07. The Labute approximate surface area is 78.2 Å². The van der Waals surface area contributed by atoms with Gasteiger partial charge in [0.15, 0.2) is 4.34 Å². The zero-order valence-electron chi connectivity index (χ0n) is 6.44. The van der Waals surface area contributed by atoms with E-state index in [1.165, 1.54) is 0 Å². The van der Waals surface area contributed by atoms with Crippen LogP contribution in [0.1, 0.15) is 5.69 Å². The van der Waals surface area contributed by atoms with Crippen molar-refractivity contribution in [1.29, 1.82) is 0 Å². The number of nitrogens with one attached hydrogen (secondary N) is 1. The molecule has 2 aromatic heterocycles. The second-order valence-electron chi connectivity index (χ2n) is 2.29. The lowest BCUT2D eigenvalue weighted by molar-refractivity contribution is 1.09. The fraction of sp³-hybridized carbons (Fsp3) is 0.143. The zero-order chi connectivity index (χ0) is 8.39. The minimum Gasteiger partial charge on any atom is -0.285 e. The predicted octanol–water partition coefficient (Wildman–Crippen LogP) is 2.33. The molecule has 62 valence electrons. The van der Waals surface area contributed by atoms with Gasteiger partial charge in [0.25, 0.3) is 0 Å². The van der Waals surface area contributed by atoms with Gasteiger partial charge in [-0.3, -0.25) is 5.10 Å². The van der Waals surface area contributed by atoms with E-state index in [-0.39, 0.29) is 0 Å². The van der Waals surface area contributed by atoms with Crippen molar-refractivity contribution in [3.05, 3.63) is 23.5 Å². The highest BCUT2D eigenvalue weighted by Gasteiger charge is 2.01. The molecular weight excluding hydrogens is 190 g/mol. The van der Waals surface area contributed by atoms with E-state index in [9.17, 15) is 0 Å². The molecule has 0 bridgehead atoms. The third-order valence-electron chi connectivity index (χ3n) is 1.28. The molecule has 0 aliphatic carbocycles. The first kappa shape index (κ1) is 7.82. The van der Waals surface area contributed by atoms with Gasteiger partial charge in [-0.1, -0.05) is 11.8 Å². The quantitative estimate of drug-likeness (QED) is 0.803. The molecular formula is C7H7N3S2. The Balaban J connectivity index is 2.14. The summed E-state index contributed by atoms with van der Waals surface area (Å²) in [4.78, 5) is 5.43. The number of aromatic amines is 1. The molecule has 0 spiro atoms. The van der Waals surface area contributed by atoms with E-state index in [1.807, 2.05) is 18.5 Å². The maximum atomic E-state index is 4.33. The summed E-state index contributed by atoms with van der Waals surface area (Å²) in [7, 11) is 0. The molecule has 2 aromatic rings. The molecule has 0 aliphatic heterocycles. The average molecular weight is 197 g/mol. The highest BCUT2D eigenvalue weighted by atomic mass is 32.2. The topological polar surface area (TPSA) is 41.6 Å². The normalized spacial score (nSPS) is 10.4. The van der Waals surface area contributed by atoms with Crippen LogP contribution < -0.4 is 0 Å². The van der Waals surface area contributed by atoms with Gasteiger partial charge in [0.05, 0.1) is 11.1 Å². The van der Waals surface area contributed by atoms with Crippen molar-refractivity contribution >= 4 is 23.1 Å². The SMILES string of the molecule is Cc1csc(Sc2cn[nH]c2)n1. The summed E-state index contributed by atoms with van der Waals surface area (Å²) in [6.07, 6.45) is 3.66. The van der Waals surface area contributed by atoms with E-state index < -0.39 is 0 Å². The van der Waals surface area contributed by atoms with Crippen LogP contribution in [0, 0.1) is 6.92 Å². The number of hydrogen-bond donors (Lipinski definition) is 1. The van der Waals surface area contributed by atoms with Gasteiger partial charge in [0.2, 0.25) is 0 Å². The van der Waals surface area contributed by atoms with E-state index >= 15 is 0 Å². The summed E-state index contributed by atoms with van der Waals surface area (Å²) in [6.45, 7) is 2.00. The number of aryl methyl sites for hydroxylation is 1. The van der Waals surface area contributed by atoms with Crippen molar-refractivity contribution < 1.29 is 0 Å². The molecule has 5 heteroatoms. The van der Waals surface area contributed by atoms with Gasteiger partial charge in [-0.2, -0.15) is 5.10 Å². The molecule has 0 amide bonds. The lowest BCUT2D eigenvalue weighted by Gasteiger charge is -1.88. The lowest BCUT2D eigenvalue weighted by atomic mass is 10.6. The van der Waals surface area contributed by atoms with Crippen LogP contribution in [-0.2, 0) is 0 Å². The minimum atomic E-state index is 1.06. The van der Waals surface area contributed by atoms with E-state index in [1.54, 1.807) is 29.3 Å². The largest absolute Gasteiger partial charge is 0.285 e. The number of hydrogen-bond acceptors (Lipinski definition) is 4. The summed E-state index contributed by atoms with van der Waals surface area (Å²) >= 11 is 3.29. The number of thiazole rings is 1. The molecule has 0 fully saturated rings. The molecule has 0 radical (unpaired) electrons. The maximum Gasteiger partial charge on any atom is 0.154 e. The van der Waals surface area contributed by atoms with E-state index in [4.69, 9.17) is 0 Å². The highest BCUT2D eigenvalue weighted by molar-refractivity contribution is 8.01. The van der Waals surface area contributed by atoms with Crippen LogP contribution in [0.25, 0.3) is 0 Å². The number of nitrogens with zero attached hydrogens (tertiary/aromatic N) is 2. The predicted molar refractivity (Wildman–Crippen MR) is 49.6 cm³/mol. The van der Waals surface area contributed by atoms with Crippen LogP contribution in [0.2, 0.25) is 0 Å². The van der Waals surface area contributed by atoms with Crippen LogP contribution in [0.15, 0.2) is 27.0 Å². The second kappa shape index (κ2) is 3.28. The first-order chi connectivity index (χ1) is 5.84. The Morgan fingerprint density at radius 3 is 3.08 bits per heavy atom. The zero-order valence-corrected chi connectivity index (χ0v) is 8.08. The van der Waals surface area contributed by atoms with Gasteiger partial charge in [-0.25, -0.2) is 4.98 Å². The van der Waals surface area contributed by atoms with E-state index in [0.29, 0.717) is 0 Å². The Morgan fingerprint density at radius 1 is 1.58 bits per heavy atom. The van der Waals surface area contributed by atoms with Gasteiger partial charge < -0.3 is 0 Å². The maximum absolute atomic E-state index is 4.33. The molecule has 1 N–H and O–H groups in total. The van der Waals surface area contributed by atoms with Gasteiger partial charge in [0, 0.05) is 17.3 Å². The fourth-order valence-corrected chi connectivity index (χ4v) is 2.53. The molecule has 3 nitrogen and oxygen atoms in total. The fourth-order valence-electron chi connectivity index (χ4n) is 0.775. The van der Waals surface area contributed by atoms with E-state index in [0.717, 1.165) is 14.9 Å². The lowest BCUT2D eigenvalue weighted by Crippen LogP contribution is -1.69. The molecule has 0 aliphatic rings. The summed E-state index contributed by atoms with van der Waals surface area (Å²) < 4.78 is 1.06. The highest BCUT2D eigenvalue weighted by Crippen LogP contribution is 2.28. The molecule has 12 heavy (non-hydrogen) atoms. The van der Waals surface area contributed by atoms with Crippen molar-refractivity contribution in [1.82, 2.24) is 15.2 Å². The van der Waals surface area contributed by atoms with Gasteiger partial charge >= 0.3 is 0 Å². The Kier molecular flexibility index (Phi) is 2.14. The minimum absolute atomic E-state index is 1.06. The standard InChI is InChI=1S/C7H7N3S2/c1-5-4-11-7(10-5)12-6-2-8-9-3-6/h2-4H,1H3,(H,8,9). The van der Waals surface area contributed by atoms with Crippen molar-refractivity contribution in [2.75, 3.05) is 0 Å². The average Bonchev–Trinajstić information content (AvgIpc) is 2.63. The molecule has 2 rings (SSSR count). The first-order valence-corrected chi connectivity index (χ1v) is 5.13. The molecule has 0 unspecified atom stereocenters. The molecule has 2 heterocycles. The molecule has 0 aromatic carbocycles. The smallest absolute Gasteiger partial charge is 0.154 e. The summed E-state index contributed by atoms with van der Waals surface area (Å²) in [5.74, 6) is 0. The monoisotopic (exact) mass is 197 g/mol. The van der Waals surface area contributed by atoms with Gasteiger partial charge in [-0.15, -0.1) is 11.3 Å². The second-order valence-corrected chi connectivity index (χ2v) is 4.47. The molecule has 0 saturated heterocycles. The van der Waals surface area contributed by atoms with Crippen molar-refractivity contribution in [3.8, 4) is 0 Å². The van der Waals surface area contributed by atoms with Crippen LogP contribution in [0.5, 0.6) is 0 Å². The Hall–Kier alpha value is -0.810. The van der Waals surface area contributed by atoms with Crippen LogP contribution in [0.4, 0.5) is 0 Å². The van der Waals surface area contributed by atoms with Gasteiger partial charge in [0.1, 0.15) is 0 Å². The van der Waals surface area contributed by atoms with Crippen molar-refractivity contribution in [3.63, 3.8) is 0 Å².